The molecule has 0 aliphatic rings. The van der Waals surface area contributed by atoms with Gasteiger partial charge in [0, 0.05) is 17.8 Å². The van der Waals surface area contributed by atoms with Crippen molar-refractivity contribution in [2.75, 3.05) is 0 Å². The molecule has 0 atom stereocenters. The minimum atomic E-state index is -4.43. The van der Waals surface area contributed by atoms with Crippen LogP contribution in [0.4, 0.5) is 13.2 Å². The van der Waals surface area contributed by atoms with Crippen LogP contribution < -0.4 is 0 Å². The maximum atomic E-state index is 12.6. The van der Waals surface area contributed by atoms with E-state index >= 15 is 0 Å². The van der Waals surface area contributed by atoms with Crippen molar-refractivity contribution < 1.29 is 13.2 Å². The van der Waals surface area contributed by atoms with Gasteiger partial charge >= 0.3 is 6.18 Å². The SMILES string of the molecule is N#Cc1ccc2c(C(F)(F)F)cncc2c1. The Morgan fingerprint density at radius 2 is 1.94 bits per heavy atom. The zero-order valence-electron chi connectivity index (χ0n) is 7.92. The average molecular weight is 222 g/mol. The summed E-state index contributed by atoms with van der Waals surface area (Å²) >= 11 is 0. The number of hydrogen-bond donors (Lipinski definition) is 0. The molecular weight excluding hydrogens is 217 g/mol. The molecule has 2 rings (SSSR count). The molecule has 0 saturated heterocycles. The molecule has 0 unspecified atom stereocenters. The third-order valence-corrected chi connectivity index (χ3v) is 2.19. The second-order valence-electron chi connectivity index (χ2n) is 3.23. The lowest BCUT2D eigenvalue weighted by Crippen LogP contribution is -2.06. The van der Waals surface area contributed by atoms with Gasteiger partial charge in [-0.1, -0.05) is 6.07 Å². The fourth-order valence-electron chi connectivity index (χ4n) is 1.47. The predicted molar refractivity (Wildman–Crippen MR) is 51.5 cm³/mol. The number of rotatable bonds is 0. The van der Waals surface area contributed by atoms with Gasteiger partial charge in [-0.15, -0.1) is 0 Å². The quantitative estimate of drug-likeness (QED) is 0.686. The highest BCUT2D eigenvalue weighted by molar-refractivity contribution is 5.86. The second-order valence-corrected chi connectivity index (χ2v) is 3.23. The van der Waals surface area contributed by atoms with Gasteiger partial charge in [0.25, 0.3) is 0 Å². The maximum Gasteiger partial charge on any atom is 0.418 e. The van der Waals surface area contributed by atoms with Crippen molar-refractivity contribution in [3.8, 4) is 6.07 Å². The molecule has 0 saturated carbocycles. The monoisotopic (exact) mass is 222 g/mol. The van der Waals surface area contributed by atoms with Gasteiger partial charge < -0.3 is 0 Å². The van der Waals surface area contributed by atoms with Crippen LogP contribution >= 0.6 is 0 Å². The highest BCUT2D eigenvalue weighted by atomic mass is 19.4. The van der Waals surface area contributed by atoms with Gasteiger partial charge in [-0.3, -0.25) is 4.98 Å². The number of pyridine rings is 1. The number of nitriles is 1. The van der Waals surface area contributed by atoms with Gasteiger partial charge in [0.2, 0.25) is 0 Å². The van der Waals surface area contributed by atoms with Crippen LogP contribution in [0.3, 0.4) is 0 Å². The summed E-state index contributed by atoms with van der Waals surface area (Å²) in [6.07, 6.45) is -2.33. The van der Waals surface area contributed by atoms with Crippen molar-refractivity contribution >= 4 is 10.8 Å². The van der Waals surface area contributed by atoms with Crippen LogP contribution in [0.2, 0.25) is 0 Å². The Bertz CT molecular complexity index is 582. The first kappa shape index (κ1) is 10.4. The Morgan fingerprint density at radius 1 is 1.19 bits per heavy atom. The van der Waals surface area contributed by atoms with Gasteiger partial charge in [-0.2, -0.15) is 18.4 Å². The van der Waals surface area contributed by atoms with E-state index in [0.717, 1.165) is 6.20 Å². The number of alkyl halides is 3. The van der Waals surface area contributed by atoms with Gasteiger partial charge in [0.05, 0.1) is 17.2 Å². The first-order valence-corrected chi connectivity index (χ1v) is 4.37. The summed E-state index contributed by atoms with van der Waals surface area (Å²) in [5, 5.41) is 9.00. The third kappa shape index (κ3) is 1.70. The number of fused-ring (bicyclic) bond motifs is 1. The summed E-state index contributed by atoms with van der Waals surface area (Å²) in [7, 11) is 0. The molecule has 2 aromatic rings. The first-order valence-electron chi connectivity index (χ1n) is 4.37. The van der Waals surface area contributed by atoms with Crippen LogP contribution in [-0.4, -0.2) is 4.98 Å². The van der Waals surface area contributed by atoms with Gasteiger partial charge in [0.15, 0.2) is 0 Å². The fraction of sp³-hybridized carbons (Fsp3) is 0.0909. The van der Waals surface area contributed by atoms with Crippen molar-refractivity contribution in [3.05, 3.63) is 41.7 Å². The Kier molecular flexibility index (Phi) is 2.27. The second kappa shape index (κ2) is 3.49. The summed E-state index contributed by atoms with van der Waals surface area (Å²) in [6.45, 7) is 0. The Morgan fingerprint density at radius 3 is 2.56 bits per heavy atom. The molecule has 0 spiro atoms. The highest BCUT2D eigenvalue weighted by Gasteiger charge is 2.32. The van der Waals surface area contributed by atoms with Crippen LogP contribution in [0.1, 0.15) is 11.1 Å². The first-order chi connectivity index (χ1) is 7.52. The molecule has 0 fully saturated rings. The largest absolute Gasteiger partial charge is 0.418 e. The Labute approximate surface area is 89.0 Å². The third-order valence-electron chi connectivity index (χ3n) is 2.19. The molecular formula is C11H5F3N2. The van der Waals surface area contributed by atoms with E-state index in [1.165, 1.54) is 24.4 Å². The summed E-state index contributed by atoms with van der Waals surface area (Å²) < 4.78 is 37.8. The van der Waals surface area contributed by atoms with Crippen molar-refractivity contribution in [2.24, 2.45) is 0 Å². The molecule has 1 heterocycles. The molecule has 1 aromatic carbocycles. The summed E-state index contributed by atoms with van der Waals surface area (Å²) in [5.41, 5.74) is -0.469. The molecule has 80 valence electrons. The summed E-state index contributed by atoms with van der Waals surface area (Å²) in [5.74, 6) is 0. The van der Waals surface area contributed by atoms with E-state index in [0.29, 0.717) is 10.9 Å². The molecule has 0 bridgehead atoms. The molecule has 2 nitrogen and oxygen atoms in total. The molecule has 0 aliphatic heterocycles. The molecule has 16 heavy (non-hydrogen) atoms. The van der Waals surface area contributed by atoms with Crippen molar-refractivity contribution in [1.82, 2.24) is 4.98 Å². The fourth-order valence-corrected chi connectivity index (χ4v) is 1.47. The number of benzene rings is 1. The van der Waals surface area contributed by atoms with E-state index in [1.807, 2.05) is 6.07 Å². The van der Waals surface area contributed by atoms with Gasteiger partial charge in [0.1, 0.15) is 0 Å². The number of aromatic nitrogens is 1. The van der Waals surface area contributed by atoms with E-state index in [2.05, 4.69) is 4.98 Å². The van der Waals surface area contributed by atoms with Crippen LogP contribution in [0.25, 0.3) is 10.8 Å². The molecule has 5 heteroatoms. The van der Waals surface area contributed by atoms with Gasteiger partial charge in [-0.05, 0) is 17.5 Å². The molecule has 0 amide bonds. The molecule has 0 radical (unpaired) electrons. The van der Waals surface area contributed by atoms with Crippen molar-refractivity contribution in [1.29, 1.82) is 5.26 Å². The Hall–Kier alpha value is -2.09. The Balaban J connectivity index is 2.76. The van der Waals surface area contributed by atoms with E-state index < -0.39 is 11.7 Å². The van der Waals surface area contributed by atoms with Crippen LogP contribution in [0.5, 0.6) is 0 Å². The lowest BCUT2D eigenvalue weighted by Gasteiger charge is -2.09. The number of nitrogens with zero attached hydrogens (tertiary/aromatic N) is 2. The minimum absolute atomic E-state index is 0.0569. The smallest absolute Gasteiger partial charge is 0.263 e. The van der Waals surface area contributed by atoms with Crippen molar-refractivity contribution in [2.45, 2.75) is 6.18 Å². The number of halogens is 3. The predicted octanol–water partition coefficient (Wildman–Crippen LogP) is 3.13. The van der Waals surface area contributed by atoms with Crippen molar-refractivity contribution in [3.63, 3.8) is 0 Å². The molecule has 0 N–H and O–H groups in total. The summed E-state index contributed by atoms with van der Waals surface area (Å²) in [4.78, 5) is 3.53. The van der Waals surface area contributed by atoms with E-state index in [-0.39, 0.29) is 5.39 Å². The standard InChI is InChI=1S/C11H5F3N2/c12-11(13,14)10-6-16-5-8-3-7(4-15)1-2-9(8)10/h1-3,5-6H. The van der Waals surface area contributed by atoms with E-state index in [1.54, 1.807) is 0 Å². The van der Waals surface area contributed by atoms with Gasteiger partial charge in [-0.25, -0.2) is 0 Å². The minimum Gasteiger partial charge on any atom is -0.263 e. The normalized spacial score (nSPS) is 11.4. The lowest BCUT2D eigenvalue weighted by molar-refractivity contribution is -0.136. The zero-order chi connectivity index (χ0) is 11.8. The zero-order valence-corrected chi connectivity index (χ0v) is 7.92. The molecule has 1 aromatic heterocycles. The van der Waals surface area contributed by atoms with E-state index in [4.69, 9.17) is 5.26 Å². The van der Waals surface area contributed by atoms with E-state index in [9.17, 15) is 13.2 Å². The van der Waals surface area contributed by atoms with Crippen LogP contribution in [0.15, 0.2) is 30.6 Å². The lowest BCUT2D eigenvalue weighted by atomic mass is 10.1. The van der Waals surface area contributed by atoms with Crippen LogP contribution in [0, 0.1) is 11.3 Å². The topological polar surface area (TPSA) is 36.7 Å². The van der Waals surface area contributed by atoms with Crippen LogP contribution in [-0.2, 0) is 6.18 Å². The highest BCUT2D eigenvalue weighted by Crippen LogP contribution is 2.34. The molecule has 0 aliphatic carbocycles. The maximum absolute atomic E-state index is 12.6. The average Bonchev–Trinajstić information content (AvgIpc) is 2.26. The summed E-state index contributed by atoms with van der Waals surface area (Å²) in [6, 6.07) is 5.90. The number of hydrogen-bond acceptors (Lipinski definition) is 2.